The third-order valence-corrected chi connectivity index (χ3v) is 8.13. The summed E-state index contributed by atoms with van der Waals surface area (Å²) in [5.74, 6) is -0.151. The molecular formula is C27H23N5O3S2. The van der Waals surface area contributed by atoms with Crippen LogP contribution >= 0.6 is 23.1 Å². The first-order valence-electron chi connectivity index (χ1n) is 11.8. The molecule has 1 N–H and O–H groups in total. The Bertz CT molecular complexity index is 1460. The maximum atomic E-state index is 13.3. The van der Waals surface area contributed by atoms with E-state index in [0.717, 1.165) is 41.7 Å². The molecule has 186 valence electrons. The van der Waals surface area contributed by atoms with Gasteiger partial charge in [0.15, 0.2) is 5.16 Å². The third-order valence-electron chi connectivity index (χ3n) is 5.94. The molecule has 5 rings (SSSR count). The molecule has 1 amide bonds. The number of carbonyl (C=O) groups is 1. The number of carbonyl (C=O) groups excluding carboxylic acids is 1. The molecule has 2 aromatic carbocycles. The van der Waals surface area contributed by atoms with Gasteiger partial charge in [0.05, 0.1) is 10.5 Å². The van der Waals surface area contributed by atoms with Crippen LogP contribution in [-0.2, 0) is 19.4 Å². The molecule has 0 bridgehead atoms. The van der Waals surface area contributed by atoms with Gasteiger partial charge in [0.25, 0.3) is 11.6 Å². The van der Waals surface area contributed by atoms with E-state index in [4.69, 9.17) is 4.99 Å². The van der Waals surface area contributed by atoms with Crippen LogP contribution < -0.4 is 5.32 Å². The summed E-state index contributed by atoms with van der Waals surface area (Å²) in [4.78, 5) is 39.5. The number of benzene rings is 2. The molecule has 4 aromatic rings. The maximum absolute atomic E-state index is 13.3. The number of nitro benzene ring substituents is 1. The van der Waals surface area contributed by atoms with Crippen LogP contribution in [0.4, 0.5) is 10.7 Å². The molecule has 1 aliphatic carbocycles. The van der Waals surface area contributed by atoms with E-state index < -0.39 is 4.92 Å². The average molecular weight is 530 g/mol. The lowest BCUT2D eigenvalue weighted by Gasteiger charge is -2.13. The van der Waals surface area contributed by atoms with Crippen molar-refractivity contribution < 1.29 is 9.72 Å². The highest BCUT2D eigenvalue weighted by molar-refractivity contribution is 7.99. The van der Waals surface area contributed by atoms with E-state index in [1.165, 1.54) is 40.1 Å². The zero-order valence-electron chi connectivity index (χ0n) is 19.8. The largest absolute Gasteiger partial charge is 0.348 e. The number of rotatable bonds is 8. The van der Waals surface area contributed by atoms with Gasteiger partial charge in [0.2, 0.25) is 0 Å². The summed E-state index contributed by atoms with van der Waals surface area (Å²) >= 11 is 2.83. The lowest BCUT2D eigenvalue weighted by molar-refractivity contribution is -0.384. The van der Waals surface area contributed by atoms with Gasteiger partial charge >= 0.3 is 0 Å². The normalized spacial score (nSPS) is 12.9. The number of non-ortho nitro benzene ring substituents is 1. The first kappa shape index (κ1) is 24.8. The number of hydrogen-bond acceptors (Lipinski definition) is 8. The molecule has 0 saturated carbocycles. The van der Waals surface area contributed by atoms with Crippen molar-refractivity contribution in [2.45, 2.75) is 42.3 Å². The quantitative estimate of drug-likeness (QED) is 0.127. The Morgan fingerprint density at radius 3 is 2.68 bits per heavy atom. The molecule has 0 saturated heterocycles. The van der Waals surface area contributed by atoms with E-state index in [-0.39, 0.29) is 11.6 Å². The van der Waals surface area contributed by atoms with Crippen molar-refractivity contribution in [3.63, 3.8) is 0 Å². The van der Waals surface area contributed by atoms with Crippen molar-refractivity contribution in [3.05, 3.63) is 104 Å². The molecule has 10 heteroatoms. The van der Waals surface area contributed by atoms with E-state index >= 15 is 0 Å². The second kappa shape index (κ2) is 11.4. The van der Waals surface area contributed by atoms with Crippen molar-refractivity contribution >= 4 is 45.9 Å². The van der Waals surface area contributed by atoms with Crippen LogP contribution in [-0.4, -0.2) is 27.0 Å². The summed E-state index contributed by atoms with van der Waals surface area (Å²) in [6.45, 7) is 0.427. The Hall–Kier alpha value is -3.89. The van der Waals surface area contributed by atoms with Crippen molar-refractivity contribution in [1.82, 2.24) is 15.3 Å². The Morgan fingerprint density at radius 1 is 1.11 bits per heavy atom. The van der Waals surface area contributed by atoms with Crippen LogP contribution in [0.3, 0.4) is 0 Å². The monoisotopic (exact) mass is 529 g/mol. The van der Waals surface area contributed by atoms with Gasteiger partial charge in [-0.15, -0.1) is 11.3 Å². The number of hydrogen-bond donors (Lipinski definition) is 1. The van der Waals surface area contributed by atoms with Crippen LogP contribution in [0.1, 0.15) is 44.8 Å². The predicted molar refractivity (Wildman–Crippen MR) is 145 cm³/mol. The number of fused-ring (bicyclic) bond motifs is 1. The number of aryl methyl sites for hydroxylation is 1. The highest BCUT2D eigenvalue weighted by Crippen LogP contribution is 2.40. The van der Waals surface area contributed by atoms with Gasteiger partial charge in [-0.25, -0.2) is 15.0 Å². The summed E-state index contributed by atoms with van der Waals surface area (Å²) in [7, 11) is 0. The van der Waals surface area contributed by atoms with Crippen LogP contribution in [0.15, 0.2) is 82.0 Å². The number of amides is 1. The fraction of sp³-hybridized carbons (Fsp3) is 0.185. The second-order valence-corrected chi connectivity index (χ2v) is 10.5. The average Bonchev–Trinajstić information content (AvgIpc) is 3.30. The fourth-order valence-electron chi connectivity index (χ4n) is 4.15. The molecule has 1 aliphatic rings. The van der Waals surface area contributed by atoms with E-state index in [0.29, 0.717) is 27.8 Å². The molecule has 0 atom stereocenters. The van der Waals surface area contributed by atoms with Crippen LogP contribution in [0.25, 0.3) is 0 Å². The number of aliphatic imine (C=N–C) groups is 1. The van der Waals surface area contributed by atoms with Gasteiger partial charge in [-0.1, -0.05) is 30.3 Å². The first-order valence-corrected chi connectivity index (χ1v) is 13.5. The minimum absolute atomic E-state index is 0.0360. The van der Waals surface area contributed by atoms with Crippen LogP contribution in [0, 0.1) is 10.1 Å². The molecule has 2 aromatic heterocycles. The van der Waals surface area contributed by atoms with Gasteiger partial charge in [0, 0.05) is 52.6 Å². The number of nitro groups is 1. The first-order chi connectivity index (χ1) is 18.1. The smallest absolute Gasteiger partial charge is 0.270 e. The van der Waals surface area contributed by atoms with E-state index in [1.807, 2.05) is 30.3 Å². The zero-order chi connectivity index (χ0) is 25.6. The molecule has 0 aliphatic heterocycles. The second-order valence-electron chi connectivity index (χ2n) is 8.43. The van der Waals surface area contributed by atoms with Gasteiger partial charge in [-0.3, -0.25) is 14.9 Å². The molecule has 0 fully saturated rings. The Morgan fingerprint density at radius 2 is 1.89 bits per heavy atom. The molecule has 0 unspecified atom stereocenters. The van der Waals surface area contributed by atoms with Gasteiger partial charge in [-0.05, 0) is 60.7 Å². The summed E-state index contributed by atoms with van der Waals surface area (Å²) < 4.78 is 0. The molecular weight excluding hydrogens is 506 g/mol. The lowest BCUT2D eigenvalue weighted by atomic mass is 9.95. The molecule has 8 nitrogen and oxygen atoms in total. The molecule has 37 heavy (non-hydrogen) atoms. The van der Waals surface area contributed by atoms with Crippen molar-refractivity contribution in [2.24, 2.45) is 4.99 Å². The van der Waals surface area contributed by atoms with Crippen molar-refractivity contribution in [2.75, 3.05) is 0 Å². The summed E-state index contributed by atoms with van der Waals surface area (Å²) in [5, 5.41) is 15.6. The van der Waals surface area contributed by atoms with Crippen LogP contribution in [0.2, 0.25) is 0 Å². The zero-order valence-corrected chi connectivity index (χ0v) is 21.4. The van der Waals surface area contributed by atoms with E-state index in [2.05, 4.69) is 15.3 Å². The number of nitrogens with zero attached hydrogens (tertiary/aromatic N) is 4. The van der Waals surface area contributed by atoms with Crippen LogP contribution in [0.5, 0.6) is 0 Å². The standard InChI is InChI=1S/C27H23N5O3S2/c33-25(30-16-18-7-2-1-3-8-18)24-21-9-4-5-10-23(21)36-26(24)31-17-19-15-20(32(34)35)11-12-22(19)37-27-28-13-6-14-29-27/h1-3,6-8,11-15,17H,4-5,9-10,16H2,(H,30,33)/b31-17+. The SMILES string of the molecule is O=C(NCc1ccccc1)c1c(/N=C/c2cc([N+](=O)[O-])ccc2Sc2ncccn2)sc2c1CCCC2. The summed E-state index contributed by atoms with van der Waals surface area (Å²) in [6.07, 6.45) is 8.79. The highest BCUT2D eigenvalue weighted by Gasteiger charge is 2.25. The third kappa shape index (κ3) is 5.92. The maximum Gasteiger partial charge on any atom is 0.270 e. The Labute approximate surface area is 222 Å². The number of aromatic nitrogens is 2. The molecule has 2 heterocycles. The molecule has 0 radical (unpaired) electrons. The van der Waals surface area contributed by atoms with Crippen molar-refractivity contribution in [1.29, 1.82) is 0 Å². The topological polar surface area (TPSA) is 110 Å². The van der Waals surface area contributed by atoms with E-state index in [1.54, 1.807) is 30.7 Å². The summed E-state index contributed by atoms with van der Waals surface area (Å²) in [6, 6.07) is 16.1. The summed E-state index contributed by atoms with van der Waals surface area (Å²) in [5.41, 5.74) is 3.23. The van der Waals surface area contributed by atoms with Gasteiger partial charge < -0.3 is 5.32 Å². The number of thiophene rings is 1. The number of nitrogens with one attached hydrogen (secondary N) is 1. The van der Waals surface area contributed by atoms with Gasteiger partial charge in [-0.2, -0.15) is 0 Å². The molecule has 0 spiro atoms. The minimum atomic E-state index is -0.433. The van der Waals surface area contributed by atoms with Gasteiger partial charge in [0.1, 0.15) is 5.00 Å². The Balaban J connectivity index is 1.48. The fourth-order valence-corrected chi connectivity index (χ4v) is 6.17. The minimum Gasteiger partial charge on any atom is -0.348 e. The highest BCUT2D eigenvalue weighted by atomic mass is 32.2. The van der Waals surface area contributed by atoms with E-state index in [9.17, 15) is 14.9 Å². The predicted octanol–water partition coefficient (Wildman–Crippen LogP) is 6.16. The van der Waals surface area contributed by atoms with Crippen molar-refractivity contribution in [3.8, 4) is 0 Å². The Kier molecular flexibility index (Phi) is 7.67. The lowest BCUT2D eigenvalue weighted by Crippen LogP contribution is -2.24.